The Morgan fingerprint density at radius 3 is 1.26 bits per heavy atom. The van der Waals surface area contributed by atoms with E-state index in [9.17, 15) is 5.26 Å². The molecule has 0 radical (unpaired) electrons. The van der Waals surface area contributed by atoms with Gasteiger partial charge in [-0.25, -0.2) is 0 Å². The van der Waals surface area contributed by atoms with Crippen molar-refractivity contribution in [2.24, 2.45) is 0 Å². The van der Waals surface area contributed by atoms with E-state index >= 15 is 0 Å². The van der Waals surface area contributed by atoms with Crippen LogP contribution in [0.15, 0.2) is 170 Å². The molecule has 4 heteroatoms. The fourth-order valence-electron chi connectivity index (χ4n) is 7.04. The molecule has 9 rings (SSSR count). The fourth-order valence-corrected chi connectivity index (χ4v) is 7.04. The molecule has 0 unspecified atom stereocenters. The summed E-state index contributed by atoms with van der Waals surface area (Å²) < 4.78 is 4.68. The van der Waals surface area contributed by atoms with Crippen molar-refractivity contribution in [3.63, 3.8) is 0 Å². The normalized spacial score (nSPS) is 11.4. The summed E-state index contributed by atoms with van der Waals surface area (Å²) in [6.45, 7) is 0. The molecule has 0 saturated heterocycles. The van der Waals surface area contributed by atoms with Gasteiger partial charge in [0.2, 0.25) is 0 Å². The molecule has 220 valence electrons. The fraction of sp³-hybridized carbons (Fsp3) is 0. The van der Waals surface area contributed by atoms with Gasteiger partial charge in [0.15, 0.2) is 0 Å². The smallest absolute Gasteiger partial charge is 0.0991 e. The first-order valence-electron chi connectivity index (χ1n) is 15.8. The molecule has 0 saturated carbocycles. The SMILES string of the molecule is N#Cc1ccc(N(c2ccc3c(c2)c2ccccc2n3-c2ccccc2)c2ccc3c(c2)c2ccccc2n3-c2ccccc2)cc1. The average molecular weight is 601 g/mol. The minimum atomic E-state index is 0.636. The van der Waals surface area contributed by atoms with Crippen LogP contribution in [0.2, 0.25) is 0 Å². The van der Waals surface area contributed by atoms with Gasteiger partial charge in [-0.2, -0.15) is 5.26 Å². The first-order chi connectivity index (χ1) is 23.3. The molecular formula is C43H28N4. The van der Waals surface area contributed by atoms with Crippen LogP contribution in [0.4, 0.5) is 17.1 Å². The Morgan fingerprint density at radius 2 is 0.787 bits per heavy atom. The van der Waals surface area contributed by atoms with Crippen molar-refractivity contribution >= 4 is 60.7 Å². The standard InChI is InChI=1S/C43H28N4/c44-29-30-19-21-33(22-20-30)45(34-23-25-42-38(27-34)36-15-7-9-17-40(36)46(42)31-11-3-1-4-12-31)35-24-26-43-39(28-35)37-16-8-10-18-41(37)47(43)32-13-5-2-6-14-32/h1-28H. The number of aromatic nitrogens is 2. The molecule has 2 aromatic heterocycles. The van der Waals surface area contributed by atoms with Crippen LogP contribution in [-0.4, -0.2) is 9.13 Å². The second-order valence-electron chi connectivity index (χ2n) is 11.8. The molecule has 9 aromatic rings. The van der Waals surface area contributed by atoms with Gasteiger partial charge in [0.05, 0.1) is 33.7 Å². The molecule has 0 spiro atoms. The molecule has 0 fully saturated rings. The van der Waals surface area contributed by atoms with Crippen molar-refractivity contribution in [2.45, 2.75) is 0 Å². The van der Waals surface area contributed by atoms with Crippen LogP contribution in [0.25, 0.3) is 55.0 Å². The van der Waals surface area contributed by atoms with Crippen LogP contribution in [0.3, 0.4) is 0 Å². The Balaban J connectivity index is 1.29. The lowest BCUT2D eigenvalue weighted by molar-refractivity contribution is 1.18. The molecule has 0 atom stereocenters. The highest BCUT2D eigenvalue weighted by Crippen LogP contribution is 2.42. The van der Waals surface area contributed by atoms with Crippen LogP contribution >= 0.6 is 0 Å². The van der Waals surface area contributed by atoms with Crippen LogP contribution < -0.4 is 4.90 Å². The third-order valence-corrected chi connectivity index (χ3v) is 9.11. The average Bonchev–Trinajstić information content (AvgIpc) is 3.65. The third-order valence-electron chi connectivity index (χ3n) is 9.11. The van der Waals surface area contributed by atoms with Gasteiger partial charge < -0.3 is 14.0 Å². The highest BCUT2D eigenvalue weighted by Gasteiger charge is 2.19. The minimum Gasteiger partial charge on any atom is -0.310 e. The zero-order valence-electron chi connectivity index (χ0n) is 25.5. The molecule has 0 bridgehead atoms. The van der Waals surface area contributed by atoms with Gasteiger partial charge in [-0.15, -0.1) is 0 Å². The van der Waals surface area contributed by atoms with Gasteiger partial charge in [0.1, 0.15) is 0 Å². The molecule has 0 amide bonds. The highest BCUT2D eigenvalue weighted by atomic mass is 15.1. The summed E-state index contributed by atoms with van der Waals surface area (Å²) >= 11 is 0. The molecular weight excluding hydrogens is 573 g/mol. The van der Waals surface area contributed by atoms with Gasteiger partial charge in [-0.1, -0.05) is 72.8 Å². The van der Waals surface area contributed by atoms with E-state index in [1.165, 1.54) is 32.6 Å². The summed E-state index contributed by atoms with van der Waals surface area (Å²) in [6, 6.07) is 61.9. The number of benzene rings is 7. The van der Waals surface area contributed by atoms with E-state index in [1.54, 1.807) is 0 Å². The quantitative estimate of drug-likeness (QED) is 0.197. The van der Waals surface area contributed by atoms with E-state index in [-0.39, 0.29) is 0 Å². The molecule has 0 aliphatic heterocycles. The second kappa shape index (κ2) is 10.8. The Morgan fingerprint density at radius 1 is 0.383 bits per heavy atom. The number of para-hydroxylation sites is 4. The Labute approximate surface area is 272 Å². The van der Waals surface area contributed by atoms with E-state index in [2.05, 4.69) is 166 Å². The predicted octanol–water partition coefficient (Wildman–Crippen LogP) is 11.2. The van der Waals surface area contributed by atoms with Crippen LogP contribution in [0.5, 0.6) is 0 Å². The Hall–Kier alpha value is -6.57. The highest BCUT2D eigenvalue weighted by molar-refractivity contribution is 6.12. The molecule has 7 aromatic carbocycles. The number of hydrogen-bond acceptors (Lipinski definition) is 2. The number of nitriles is 1. The van der Waals surface area contributed by atoms with E-state index in [4.69, 9.17) is 0 Å². The number of anilines is 3. The van der Waals surface area contributed by atoms with Gasteiger partial charge in [0.25, 0.3) is 0 Å². The first kappa shape index (κ1) is 26.8. The monoisotopic (exact) mass is 600 g/mol. The molecule has 2 heterocycles. The van der Waals surface area contributed by atoms with Crippen LogP contribution in [0, 0.1) is 11.3 Å². The van der Waals surface area contributed by atoms with Crippen molar-refractivity contribution in [1.29, 1.82) is 5.26 Å². The van der Waals surface area contributed by atoms with Crippen molar-refractivity contribution < 1.29 is 0 Å². The largest absolute Gasteiger partial charge is 0.310 e. The number of rotatable bonds is 5. The predicted molar refractivity (Wildman–Crippen MR) is 195 cm³/mol. The molecule has 0 aliphatic rings. The maximum absolute atomic E-state index is 9.56. The van der Waals surface area contributed by atoms with Gasteiger partial charge in [-0.05, 0) is 97.1 Å². The van der Waals surface area contributed by atoms with Gasteiger partial charge in [0, 0.05) is 50.0 Å². The Kier molecular flexibility index (Phi) is 6.16. The topological polar surface area (TPSA) is 36.9 Å². The zero-order valence-corrected chi connectivity index (χ0v) is 25.5. The van der Waals surface area contributed by atoms with Gasteiger partial charge in [-0.3, -0.25) is 0 Å². The summed E-state index contributed by atoms with van der Waals surface area (Å²) in [5, 5.41) is 14.3. The number of nitrogens with zero attached hydrogens (tertiary/aromatic N) is 4. The minimum absolute atomic E-state index is 0.636. The van der Waals surface area contributed by atoms with Crippen molar-refractivity contribution in [3.8, 4) is 17.4 Å². The number of fused-ring (bicyclic) bond motifs is 6. The summed E-state index contributed by atoms with van der Waals surface area (Å²) in [6.07, 6.45) is 0. The third kappa shape index (κ3) is 4.29. The van der Waals surface area contributed by atoms with Gasteiger partial charge >= 0.3 is 0 Å². The van der Waals surface area contributed by atoms with Crippen molar-refractivity contribution in [1.82, 2.24) is 9.13 Å². The number of hydrogen-bond donors (Lipinski definition) is 0. The van der Waals surface area contributed by atoms with Crippen LogP contribution in [0.1, 0.15) is 5.56 Å². The summed E-state index contributed by atoms with van der Waals surface area (Å²) in [7, 11) is 0. The maximum atomic E-state index is 9.56. The summed E-state index contributed by atoms with van der Waals surface area (Å²) in [4.78, 5) is 2.29. The Bertz CT molecular complexity index is 2470. The van der Waals surface area contributed by atoms with Crippen LogP contribution in [-0.2, 0) is 0 Å². The zero-order chi connectivity index (χ0) is 31.3. The van der Waals surface area contributed by atoms with E-state index in [0.29, 0.717) is 5.56 Å². The van der Waals surface area contributed by atoms with E-state index < -0.39 is 0 Å². The maximum Gasteiger partial charge on any atom is 0.0991 e. The first-order valence-corrected chi connectivity index (χ1v) is 15.8. The lowest BCUT2D eigenvalue weighted by Gasteiger charge is -2.26. The molecule has 47 heavy (non-hydrogen) atoms. The van der Waals surface area contributed by atoms with E-state index in [0.717, 1.165) is 39.5 Å². The van der Waals surface area contributed by atoms with E-state index in [1.807, 2.05) is 24.3 Å². The lowest BCUT2D eigenvalue weighted by atomic mass is 10.1. The molecule has 0 aliphatic carbocycles. The second-order valence-corrected chi connectivity index (χ2v) is 11.8. The summed E-state index contributed by atoms with van der Waals surface area (Å²) in [5.74, 6) is 0. The summed E-state index contributed by atoms with van der Waals surface area (Å²) in [5.41, 5.74) is 10.6. The molecule has 0 N–H and O–H groups in total. The van der Waals surface area contributed by atoms with Crippen molar-refractivity contribution in [3.05, 3.63) is 175 Å². The van der Waals surface area contributed by atoms with Crippen molar-refractivity contribution in [2.75, 3.05) is 4.90 Å². The lowest BCUT2D eigenvalue weighted by Crippen LogP contribution is -2.10. The molecule has 4 nitrogen and oxygen atoms in total.